The molecule has 3 rings (SSSR count). The highest BCUT2D eigenvalue weighted by atomic mass is 32.2. The van der Waals surface area contributed by atoms with Crippen LogP contribution in [0.3, 0.4) is 0 Å². The Morgan fingerprint density at radius 2 is 1.90 bits per heavy atom. The zero-order chi connectivity index (χ0) is 22.4. The predicted molar refractivity (Wildman–Crippen MR) is 119 cm³/mol. The Bertz CT molecular complexity index is 1050. The maximum Gasteiger partial charge on any atom is 0.233 e. The lowest BCUT2D eigenvalue weighted by atomic mass is 10.1. The number of rotatable bonds is 9. The standard InChI is InChI=1S/C23H24F2N4OS/c1-4-14-29-22(19-8-6-7-9-20(19)25)26-27-23(29)31-15-21(30)28(5-2)16(3)17-10-12-18(24)13-11-17/h4,6-13,16H,1,5,14-15H2,2-3H3. The molecule has 2 aromatic carbocycles. The number of hydrogen-bond acceptors (Lipinski definition) is 4. The quantitative estimate of drug-likeness (QED) is 0.341. The first-order valence-corrected chi connectivity index (χ1v) is 10.9. The Labute approximate surface area is 184 Å². The number of carbonyl (C=O) groups excluding carboxylic acids is 1. The summed E-state index contributed by atoms with van der Waals surface area (Å²) in [5.74, 6) is -0.248. The first-order valence-electron chi connectivity index (χ1n) is 9.93. The molecule has 0 aliphatic heterocycles. The Morgan fingerprint density at radius 3 is 2.55 bits per heavy atom. The maximum absolute atomic E-state index is 14.2. The number of amides is 1. The van der Waals surface area contributed by atoms with Crippen molar-refractivity contribution in [2.75, 3.05) is 12.3 Å². The van der Waals surface area contributed by atoms with Gasteiger partial charge in [-0.2, -0.15) is 0 Å². The predicted octanol–water partition coefficient (Wildman–Crippen LogP) is 5.11. The molecule has 5 nitrogen and oxygen atoms in total. The molecule has 3 aromatic rings. The summed E-state index contributed by atoms with van der Waals surface area (Å²) < 4.78 is 29.2. The number of carbonyl (C=O) groups is 1. The monoisotopic (exact) mass is 442 g/mol. The topological polar surface area (TPSA) is 51.0 Å². The van der Waals surface area contributed by atoms with Crippen molar-refractivity contribution < 1.29 is 13.6 Å². The number of benzene rings is 2. The molecular formula is C23H24F2N4OS. The molecule has 162 valence electrons. The van der Waals surface area contributed by atoms with Gasteiger partial charge in [0.1, 0.15) is 11.6 Å². The largest absolute Gasteiger partial charge is 0.335 e. The van der Waals surface area contributed by atoms with Crippen molar-refractivity contribution in [2.24, 2.45) is 0 Å². The van der Waals surface area contributed by atoms with Gasteiger partial charge in [0.15, 0.2) is 11.0 Å². The molecular weight excluding hydrogens is 418 g/mol. The third-order valence-electron chi connectivity index (χ3n) is 4.95. The number of thioether (sulfide) groups is 1. The van der Waals surface area contributed by atoms with Gasteiger partial charge in [0.25, 0.3) is 0 Å². The van der Waals surface area contributed by atoms with Crippen LogP contribution in [0.2, 0.25) is 0 Å². The number of aromatic nitrogens is 3. The summed E-state index contributed by atoms with van der Waals surface area (Å²) in [6, 6.07) is 12.3. The third kappa shape index (κ3) is 5.19. The molecule has 8 heteroatoms. The molecule has 31 heavy (non-hydrogen) atoms. The van der Waals surface area contributed by atoms with Crippen molar-refractivity contribution in [3.8, 4) is 11.4 Å². The van der Waals surface area contributed by atoms with Crippen LogP contribution in [-0.2, 0) is 11.3 Å². The van der Waals surface area contributed by atoms with E-state index in [1.54, 1.807) is 45.9 Å². The van der Waals surface area contributed by atoms with E-state index in [2.05, 4.69) is 16.8 Å². The molecule has 0 saturated carbocycles. The maximum atomic E-state index is 14.2. The van der Waals surface area contributed by atoms with E-state index in [1.807, 2.05) is 13.8 Å². The average Bonchev–Trinajstić information content (AvgIpc) is 3.16. The van der Waals surface area contributed by atoms with Gasteiger partial charge in [0.2, 0.25) is 5.91 Å². The molecule has 1 amide bonds. The number of halogens is 2. The molecule has 1 atom stereocenters. The van der Waals surface area contributed by atoms with Gasteiger partial charge in [-0.05, 0) is 43.7 Å². The van der Waals surface area contributed by atoms with Gasteiger partial charge < -0.3 is 4.90 Å². The highest BCUT2D eigenvalue weighted by Crippen LogP contribution is 2.27. The smallest absolute Gasteiger partial charge is 0.233 e. The minimum Gasteiger partial charge on any atom is -0.335 e. The van der Waals surface area contributed by atoms with Crippen LogP contribution in [-0.4, -0.2) is 37.9 Å². The normalized spacial score (nSPS) is 11.9. The molecule has 0 aliphatic rings. The molecule has 1 aromatic heterocycles. The van der Waals surface area contributed by atoms with Crippen LogP contribution in [0.5, 0.6) is 0 Å². The average molecular weight is 443 g/mol. The molecule has 0 bridgehead atoms. The molecule has 0 radical (unpaired) electrons. The minimum atomic E-state index is -0.391. The van der Waals surface area contributed by atoms with Crippen LogP contribution in [0.15, 0.2) is 66.3 Å². The molecule has 1 unspecified atom stereocenters. The van der Waals surface area contributed by atoms with Crippen molar-refractivity contribution in [2.45, 2.75) is 31.6 Å². The third-order valence-corrected chi connectivity index (χ3v) is 5.90. The Balaban J connectivity index is 1.76. The van der Waals surface area contributed by atoms with E-state index in [9.17, 15) is 13.6 Å². The Hall–Kier alpha value is -3.00. The van der Waals surface area contributed by atoms with Crippen LogP contribution in [0.25, 0.3) is 11.4 Å². The second-order valence-electron chi connectivity index (χ2n) is 6.88. The second kappa shape index (κ2) is 10.3. The summed E-state index contributed by atoms with van der Waals surface area (Å²) in [5, 5.41) is 8.83. The van der Waals surface area contributed by atoms with E-state index in [0.717, 1.165) is 5.56 Å². The van der Waals surface area contributed by atoms with E-state index >= 15 is 0 Å². The van der Waals surface area contributed by atoms with Gasteiger partial charge in [0.05, 0.1) is 17.4 Å². The first-order chi connectivity index (χ1) is 15.0. The Kier molecular flexibility index (Phi) is 7.57. The van der Waals surface area contributed by atoms with Crippen LogP contribution in [0.1, 0.15) is 25.5 Å². The minimum absolute atomic E-state index is 0.0788. The number of hydrogen-bond donors (Lipinski definition) is 0. The summed E-state index contributed by atoms with van der Waals surface area (Å²) >= 11 is 1.24. The van der Waals surface area contributed by atoms with Crippen molar-refractivity contribution in [1.82, 2.24) is 19.7 Å². The molecule has 0 N–H and O–H groups in total. The van der Waals surface area contributed by atoms with E-state index < -0.39 is 5.82 Å². The highest BCUT2D eigenvalue weighted by Gasteiger charge is 2.22. The summed E-state index contributed by atoms with van der Waals surface area (Å²) in [6.45, 7) is 8.46. The van der Waals surface area contributed by atoms with Crippen molar-refractivity contribution in [3.05, 3.63) is 78.4 Å². The van der Waals surface area contributed by atoms with Gasteiger partial charge >= 0.3 is 0 Å². The van der Waals surface area contributed by atoms with Crippen molar-refractivity contribution >= 4 is 17.7 Å². The van der Waals surface area contributed by atoms with Gasteiger partial charge in [-0.25, -0.2) is 8.78 Å². The van der Waals surface area contributed by atoms with Crippen LogP contribution in [0.4, 0.5) is 8.78 Å². The SMILES string of the molecule is C=CCn1c(SCC(=O)N(CC)C(C)c2ccc(F)cc2)nnc1-c1ccccc1F. The summed E-state index contributed by atoms with van der Waals surface area (Å²) in [6.07, 6.45) is 1.68. The number of allylic oxidation sites excluding steroid dienone is 1. The van der Waals surface area contributed by atoms with Crippen LogP contribution >= 0.6 is 11.8 Å². The fourth-order valence-corrected chi connectivity index (χ4v) is 4.16. The molecule has 0 spiro atoms. The first kappa shape index (κ1) is 22.7. The second-order valence-corrected chi connectivity index (χ2v) is 7.82. The van der Waals surface area contributed by atoms with Gasteiger partial charge in [-0.15, -0.1) is 16.8 Å². The van der Waals surface area contributed by atoms with Gasteiger partial charge in [-0.1, -0.05) is 42.1 Å². The highest BCUT2D eigenvalue weighted by molar-refractivity contribution is 7.99. The molecule has 1 heterocycles. The molecule has 0 saturated heterocycles. The lowest BCUT2D eigenvalue weighted by Gasteiger charge is -2.28. The number of nitrogens with zero attached hydrogens (tertiary/aromatic N) is 4. The van der Waals surface area contributed by atoms with Crippen molar-refractivity contribution in [1.29, 1.82) is 0 Å². The fourth-order valence-electron chi connectivity index (χ4n) is 3.33. The lowest BCUT2D eigenvalue weighted by molar-refractivity contribution is -0.130. The van der Waals surface area contributed by atoms with Gasteiger partial charge in [0, 0.05) is 13.1 Å². The van der Waals surface area contributed by atoms with E-state index in [4.69, 9.17) is 0 Å². The summed E-state index contributed by atoms with van der Waals surface area (Å²) in [4.78, 5) is 14.7. The fraction of sp³-hybridized carbons (Fsp3) is 0.261. The molecule has 0 fully saturated rings. The van der Waals surface area contributed by atoms with E-state index in [0.29, 0.717) is 29.6 Å². The van der Waals surface area contributed by atoms with Crippen LogP contribution < -0.4 is 0 Å². The Morgan fingerprint density at radius 1 is 1.19 bits per heavy atom. The van der Waals surface area contributed by atoms with E-state index in [-0.39, 0.29) is 23.5 Å². The van der Waals surface area contributed by atoms with Crippen molar-refractivity contribution in [3.63, 3.8) is 0 Å². The van der Waals surface area contributed by atoms with E-state index in [1.165, 1.54) is 30.0 Å². The summed E-state index contributed by atoms with van der Waals surface area (Å²) in [5.41, 5.74) is 1.20. The summed E-state index contributed by atoms with van der Waals surface area (Å²) in [7, 11) is 0. The van der Waals surface area contributed by atoms with Gasteiger partial charge in [-0.3, -0.25) is 9.36 Å². The van der Waals surface area contributed by atoms with Crippen LogP contribution in [0, 0.1) is 11.6 Å². The zero-order valence-electron chi connectivity index (χ0n) is 17.5. The molecule has 0 aliphatic carbocycles. The zero-order valence-corrected chi connectivity index (χ0v) is 18.3. The lowest BCUT2D eigenvalue weighted by Crippen LogP contribution is -2.34.